The molecule has 0 atom stereocenters. The van der Waals surface area contributed by atoms with Crippen molar-refractivity contribution in [3.05, 3.63) is 35.5 Å². The molecule has 1 fully saturated rings. The van der Waals surface area contributed by atoms with Crippen LogP contribution in [0.1, 0.15) is 0 Å². The molecule has 110 valence electrons. The maximum Gasteiger partial charge on any atom is 0.243 e. The molecule has 21 heavy (non-hydrogen) atoms. The number of hydrogen-bond donors (Lipinski definition) is 1. The lowest BCUT2D eigenvalue weighted by Gasteiger charge is -2.25. The molecule has 0 spiro atoms. The molecular formula is C13H12ClN3O3S. The summed E-state index contributed by atoms with van der Waals surface area (Å²) in [4.78, 5) is 15.6. The molecule has 2 heterocycles. The third kappa shape index (κ3) is 2.72. The Balaban J connectivity index is 2.02. The number of carbonyl (C=O) groups excluding carboxylic acids is 1. The third-order valence-electron chi connectivity index (χ3n) is 3.27. The average molecular weight is 326 g/mol. The van der Waals surface area contributed by atoms with Gasteiger partial charge in [-0.3, -0.25) is 4.79 Å². The fourth-order valence-corrected chi connectivity index (χ4v) is 3.80. The molecule has 0 radical (unpaired) electrons. The van der Waals surface area contributed by atoms with E-state index in [0.717, 1.165) is 0 Å². The molecule has 1 saturated heterocycles. The van der Waals surface area contributed by atoms with Gasteiger partial charge in [0, 0.05) is 18.5 Å². The minimum atomic E-state index is -3.68. The van der Waals surface area contributed by atoms with Gasteiger partial charge >= 0.3 is 0 Å². The van der Waals surface area contributed by atoms with Crippen molar-refractivity contribution < 1.29 is 13.2 Å². The zero-order valence-electron chi connectivity index (χ0n) is 10.9. The fraction of sp³-hybridized carbons (Fsp3) is 0.231. The second-order valence-corrected chi connectivity index (χ2v) is 7.00. The van der Waals surface area contributed by atoms with Gasteiger partial charge in [-0.1, -0.05) is 11.6 Å². The van der Waals surface area contributed by atoms with Crippen molar-refractivity contribution in [1.29, 1.82) is 0 Å². The van der Waals surface area contributed by atoms with Crippen LogP contribution in [0.15, 0.2) is 35.2 Å². The number of amides is 1. The highest BCUT2D eigenvalue weighted by Gasteiger charge is 2.29. The first-order chi connectivity index (χ1) is 9.96. The number of aromatic nitrogens is 1. The van der Waals surface area contributed by atoms with Crippen LogP contribution in [0, 0.1) is 0 Å². The summed E-state index contributed by atoms with van der Waals surface area (Å²) in [6.07, 6.45) is 0. The molecule has 1 N–H and O–H groups in total. The number of hydrogen-bond acceptors (Lipinski definition) is 4. The Morgan fingerprint density at radius 3 is 2.81 bits per heavy atom. The van der Waals surface area contributed by atoms with Gasteiger partial charge in [0.15, 0.2) is 0 Å². The molecule has 0 saturated carbocycles. The van der Waals surface area contributed by atoms with Crippen LogP contribution in [0.4, 0.5) is 0 Å². The Hall–Kier alpha value is -1.70. The summed E-state index contributed by atoms with van der Waals surface area (Å²) in [5, 5.41) is 3.64. The molecular weight excluding hydrogens is 314 g/mol. The van der Waals surface area contributed by atoms with E-state index >= 15 is 0 Å². The largest absolute Gasteiger partial charge is 0.354 e. The highest BCUT2D eigenvalue weighted by Crippen LogP contribution is 2.22. The van der Waals surface area contributed by atoms with E-state index in [9.17, 15) is 13.2 Å². The number of carbonyl (C=O) groups is 1. The Morgan fingerprint density at radius 1 is 1.24 bits per heavy atom. The zero-order valence-corrected chi connectivity index (χ0v) is 12.5. The molecule has 1 aliphatic rings. The summed E-state index contributed by atoms with van der Waals surface area (Å²) in [7, 11) is -3.68. The van der Waals surface area contributed by atoms with Crippen LogP contribution in [0.25, 0.3) is 10.9 Å². The summed E-state index contributed by atoms with van der Waals surface area (Å²) in [6, 6.07) is 7.95. The molecule has 0 bridgehead atoms. The van der Waals surface area contributed by atoms with Crippen LogP contribution in [-0.4, -0.2) is 43.2 Å². The maximum absolute atomic E-state index is 12.5. The second kappa shape index (κ2) is 5.25. The third-order valence-corrected chi connectivity index (χ3v) is 5.32. The van der Waals surface area contributed by atoms with E-state index in [1.165, 1.54) is 10.4 Å². The van der Waals surface area contributed by atoms with Crippen LogP contribution in [0.2, 0.25) is 5.15 Å². The molecule has 3 rings (SSSR count). The van der Waals surface area contributed by atoms with Crippen molar-refractivity contribution in [1.82, 2.24) is 14.6 Å². The van der Waals surface area contributed by atoms with Crippen molar-refractivity contribution in [2.24, 2.45) is 0 Å². The van der Waals surface area contributed by atoms with Gasteiger partial charge in [-0.2, -0.15) is 4.31 Å². The normalized spacial score (nSPS) is 16.9. The minimum Gasteiger partial charge on any atom is -0.354 e. The van der Waals surface area contributed by atoms with Crippen molar-refractivity contribution in [3.8, 4) is 0 Å². The Kier molecular flexibility index (Phi) is 3.56. The standard InChI is InChI=1S/C13H12ClN3O3S/c14-12-4-1-9-7-10(2-3-11(9)16-12)21(19,20)17-6-5-15-13(18)8-17/h1-4,7H,5-6,8H2,(H,15,18). The van der Waals surface area contributed by atoms with Crippen LogP contribution < -0.4 is 5.32 Å². The zero-order chi connectivity index (χ0) is 15.0. The lowest BCUT2D eigenvalue weighted by molar-refractivity contribution is -0.122. The van der Waals surface area contributed by atoms with Gasteiger partial charge in [0.05, 0.1) is 17.0 Å². The lowest BCUT2D eigenvalue weighted by atomic mass is 10.2. The quantitative estimate of drug-likeness (QED) is 0.836. The molecule has 6 nitrogen and oxygen atoms in total. The molecule has 8 heteroatoms. The van der Waals surface area contributed by atoms with Crippen LogP contribution >= 0.6 is 11.6 Å². The molecule has 1 amide bonds. The number of pyridine rings is 1. The van der Waals surface area contributed by atoms with E-state index < -0.39 is 10.0 Å². The SMILES string of the molecule is O=C1CN(S(=O)(=O)c2ccc3nc(Cl)ccc3c2)CCN1. The highest BCUT2D eigenvalue weighted by atomic mass is 35.5. The van der Waals surface area contributed by atoms with E-state index in [4.69, 9.17) is 11.6 Å². The first-order valence-electron chi connectivity index (χ1n) is 6.30. The second-order valence-electron chi connectivity index (χ2n) is 4.68. The number of benzene rings is 1. The first kappa shape index (κ1) is 14.2. The Bertz CT molecular complexity index is 823. The predicted molar refractivity (Wildman–Crippen MR) is 78.5 cm³/mol. The molecule has 0 aliphatic carbocycles. The predicted octanol–water partition coefficient (Wildman–Crippen LogP) is 1.01. The number of piperazine rings is 1. The number of nitrogens with one attached hydrogen (secondary N) is 1. The summed E-state index contributed by atoms with van der Waals surface area (Å²) < 4.78 is 26.3. The topological polar surface area (TPSA) is 79.4 Å². The summed E-state index contributed by atoms with van der Waals surface area (Å²) in [5.41, 5.74) is 0.623. The monoisotopic (exact) mass is 325 g/mol. The number of nitrogens with zero attached hydrogens (tertiary/aromatic N) is 2. The molecule has 1 aliphatic heterocycles. The number of halogens is 1. The number of rotatable bonds is 2. The van der Waals surface area contributed by atoms with E-state index in [1.807, 2.05) is 0 Å². The summed E-state index contributed by atoms with van der Waals surface area (Å²) in [6.45, 7) is 0.438. The number of sulfonamides is 1. The molecule has 2 aromatic rings. The Labute approximate surface area is 126 Å². The highest BCUT2D eigenvalue weighted by molar-refractivity contribution is 7.89. The van der Waals surface area contributed by atoms with Crippen LogP contribution in [0.3, 0.4) is 0 Å². The fourth-order valence-electron chi connectivity index (χ4n) is 2.21. The molecule has 1 aromatic heterocycles. The summed E-state index contributed by atoms with van der Waals surface area (Å²) in [5.74, 6) is -0.293. The van der Waals surface area contributed by atoms with Crippen molar-refractivity contribution in [2.45, 2.75) is 4.90 Å². The summed E-state index contributed by atoms with van der Waals surface area (Å²) >= 11 is 5.80. The van der Waals surface area contributed by atoms with Gasteiger partial charge < -0.3 is 5.32 Å². The first-order valence-corrected chi connectivity index (χ1v) is 8.12. The van der Waals surface area contributed by atoms with Gasteiger partial charge in [-0.05, 0) is 30.3 Å². The van der Waals surface area contributed by atoms with Crippen LogP contribution in [0.5, 0.6) is 0 Å². The van der Waals surface area contributed by atoms with Gasteiger partial charge in [0.2, 0.25) is 15.9 Å². The van der Waals surface area contributed by atoms with Crippen molar-refractivity contribution in [2.75, 3.05) is 19.6 Å². The number of fused-ring (bicyclic) bond motifs is 1. The van der Waals surface area contributed by atoms with Gasteiger partial charge in [-0.15, -0.1) is 0 Å². The lowest BCUT2D eigenvalue weighted by Crippen LogP contribution is -2.49. The van der Waals surface area contributed by atoms with Gasteiger partial charge in [-0.25, -0.2) is 13.4 Å². The average Bonchev–Trinajstić information content (AvgIpc) is 2.46. The van der Waals surface area contributed by atoms with Crippen molar-refractivity contribution >= 4 is 38.4 Å². The molecule has 1 aromatic carbocycles. The van der Waals surface area contributed by atoms with E-state index in [1.54, 1.807) is 24.3 Å². The maximum atomic E-state index is 12.5. The molecule has 0 unspecified atom stereocenters. The Morgan fingerprint density at radius 2 is 2.05 bits per heavy atom. The van der Waals surface area contributed by atoms with E-state index in [-0.39, 0.29) is 23.9 Å². The van der Waals surface area contributed by atoms with Gasteiger partial charge in [0.1, 0.15) is 5.15 Å². The van der Waals surface area contributed by atoms with Gasteiger partial charge in [0.25, 0.3) is 0 Å². The smallest absolute Gasteiger partial charge is 0.243 e. The van der Waals surface area contributed by atoms with Crippen molar-refractivity contribution in [3.63, 3.8) is 0 Å². The van der Waals surface area contributed by atoms with Crippen LogP contribution in [-0.2, 0) is 14.8 Å². The van der Waals surface area contributed by atoms with E-state index in [0.29, 0.717) is 22.6 Å². The van der Waals surface area contributed by atoms with E-state index in [2.05, 4.69) is 10.3 Å². The minimum absolute atomic E-state index is 0.147.